The van der Waals surface area contributed by atoms with E-state index >= 15 is 0 Å². The fourth-order valence-corrected chi connectivity index (χ4v) is 2.36. The lowest BCUT2D eigenvalue weighted by Crippen LogP contribution is -2.54. The molecule has 0 spiro atoms. The first-order valence-corrected chi connectivity index (χ1v) is 6.98. The molecule has 1 aliphatic heterocycles. The molecule has 1 saturated heterocycles. The molecule has 0 saturated carbocycles. The van der Waals surface area contributed by atoms with E-state index < -0.39 is 0 Å². The van der Waals surface area contributed by atoms with Crippen LogP contribution in [0, 0.1) is 0 Å². The van der Waals surface area contributed by atoms with Crippen LogP contribution in [0.3, 0.4) is 0 Å². The van der Waals surface area contributed by atoms with Crippen LogP contribution in [-0.2, 0) is 4.79 Å². The first-order valence-electron chi connectivity index (χ1n) is 6.98. The summed E-state index contributed by atoms with van der Waals surface area (Å²) in [6.07, 6.45) is 1.50. The second-order valence-electron chi connectivity index (χ2n) is 4.88. The Morgan fingerprint density at radius 2 is 2.05 bits per heavy atom. The molecule has 110 valence electrons. The van der Waals surface area contributed by atoms with Crippen LogP contribution in [0.5, 0.6) is 0 Å². The number of nitrogens with one attached hydrogen (secondary N) is 1. The SMILES string of the molecule is CCNC(=O)[C@@H](C)N1CCN(C(=O)c2ccco2)CC1. The van der Waals surface area contributed by atoms with Gasteiger partial charge in [-0.15, -0.1) is 0 Å². The fraction of sp³-hybridized carbons (Fsp3) is 0.571. The van der Waals surface area contributed by atoms with Crippen molar-refractivity contribution >= 4 is 11.8 Å². The molecule has 1 N–H and O–H groups in total. The lowest BCUT2D eigenvalue weighted by atomic mass is 10.2. The number of carbonyl (C=O) groups excluding carboxylic acids is 2. The average Bonchev–Trinajstić information content (AvgIpc) is 3.00. The average molecular weight is 279 g/mol. The smallest absolute Gasteiger partial charge is 0.289 e. The first-order chi connectivity index (χ1) is 9.63. The Balaban J connectivity index is 1.86. The predicted octanol–water partition coefficient (Wildman–Crippen LogP) is 0.562. The van der Waals surface area contributed by atoms with Gasteiger partial charge in [0, 0.05) is 32.7 Å². The molecule has 6 nitrogen and oxygen atoms in total. The van der Waals surface area contributed by atoms with Gasteiger partial charge in [0.05, 0.1) is 12.3 Å². The van der Waals surface area contributed by atoms with Gasteiger partial charge < -0.3 is 14.6 Å². The maximum Gasteiger partial charge on any atom is 0.289 e. The summed E-state index contributed by atoms with van der Waals surface area (Å²) in [5.74, 6) is 0.328. The van der Waals surface area contributed by atoms with E-state index in [0.717, 1.165) is 0 Å². The molecule has 0 bridgehead atoms. The zero-order valence-electron chi connectivity index (χ0n) is 12.0. The molecule has 1 aliphatic rings. The van der Waals surface area contributed by atoms with Gasteiger partial charge in [0.1, 0.15) is 0 Å². The molecule has 1 atom stereocenters. The highest BCUT2D eigenvalue weighted by atomic mass is 16.3. The molecule has 0 unspecified atom stereocenters. The second-order valence-corrected chi connectivity index (χ2v) is 4.88. The largest absolute Gasteiger partial charge is 0.459 e. The van der Waals surface area contributed by atoms with Crippen molar-refractivity contribution in [1.29, 1.82) is 0 Å². The van der Waals surface area contributed by atoms with Crippen LogP contribution >= 0.6 is 0 Å². The van der Waals surface area contributed by atoms with Gasteiger partial charge in [0.15, 0.2) is 5.76 Å². The highest BCUT2D eigenvalue weighted by Crippen LogP contribution is 2.11. The summed E-state index contributed by atoms with van der Waals surface area (Å²) in [6, 6.07) is 3.22. The number of amides is 2. The number of hydrogen-bond donors (Lipinski definition) is 1. The van der Waals surface area contributed by atoms with E-state index in [-0.39, 0.29) is 17.9 Å². The molecular formula is C14H21N3O3. The predicted molar refractivity (Wildman–Crippen MR) is 74.3 cm³/mol. The molecular weight excluding hydrogens is 258 g/mol. The number of rotatable bonds is 4. The molecule has 6 heteroatoms. The molecule has 2 rings (SSSR count). The summed E-state index contributed by atoms with van der Waals surface area (Å²) in [4.78, 5) is 27.8. The Morgan fingerprint density at radius 3 is 2.60 bits per heavy atom. The van der Waals surface area contributed by atoms with E-state index in [9.17, 15) is 9.59 Å². The molecule has 1 aromatic heterocycles. The molecule has 0 radical (unpaired) electrons. The summed E-state index contributed by atoms with van der Waals surface area (Å²) >= 11 is 0. The third-order valence-corrected chi connectivity index (χ3v) is 3.61. The van der Waals surface area contributed by atoms with Gasteiger partial charge in [-0.3, -0.25) is 14.5 Å². The molecule has 0 aromatic carbocycles. The van der Waals surface area contributed by atoms with Crippen LogP contribution in [0.2, 0.25) is 0 Å². The molecule has 1 fully saturated rings. The summed E-state index contributed by atoms with van der Waals surface area (Å²) in [7, 11) is 0. The fourth-order valence-electron chi connectivity index (χ4n) is 2.36. The Kier molecular flexibility index (Phi) is 4.79. The van der Waals surface area contributed by atoms with Crippen molar-refractivity contribution in [2.75, 3.05) is 32.7 Å². The van der Waals surface area contributed by atoms with E-state index in [1.54, 1.807) is 17.0 Å². The minimum atomic E-state index is -0.157. The number of hydrogen-bond acceptors (Lipinski definition) is 4. The van der Waals surface area contributed by atoms with E-state index in [1.165, 1.54) is 6.26 Å². The van der Waals surface area contributed by atoms with Crippen molar-refractivity contribution in [3.05, 3.63) is 24.2 Å². The minimum absolute atomic E-state index is 0.0401. The lowest BCUT2D eigenvalue weighted by molar-refractivity contribution is -0.126. The van der Waals surface area contributed by atoms with Crippen LogP contribution in [0.15, 0.2) is 22.8 Å². The van der Waals surface area contributed by atoms with Crippen LogP contribution in [-0.4, -0.2) is 60.4 Å². The van der Waals surface area contributed by atoms with Gasteiger partial charge in [-0.25, -0.2) is 0 Å². The highest BCUT2D eigenvalue weighted by molar-refractivity contribution is 5.91. The van der Waals surface area contributed by atoms with E-state index in [4.69, 9.17) is 4.42 Å². The van der Waals surface area contributed by atoms with Crippen molar-refractivity contribution in [2.45, 2.75) is 19.9 Å². The number of likely N-dealkylation sites (N-methyl/N-ethyl adjacent to an activating group) is 1. The molecule has 0 aliphatic carbocycles. The molecule has 1 aromatic rings. The molecule has 20 heavy (non-hydrogen) atoms. The van der Waals surface area contributed by atoms with E-state index in [0.29, 0.717) is 38.5 Å². The highest BCUT2D eigenvalue weighted by Gasteiger charge is 2.28. The Hall–Kier alpha value is -1.82. The van der Waals surface area contributed by atoms with Crippen molar-refractivity contribution in [3.63, 3.8) is 0 Å². The van der Waals surface area contributed by atoms with Gasteiger partial charge in [0.2, 0.25) is 5.91 Å². The van der Waals surface area contributed by atoms with Crippen LogP contribution < -0.4 is 5.32 Å². The van der Waals surface area contributed by atoms with Crippen molar-refractivity contribution in [1.82, 2.24) is 15.1 Å². The van der Waals surface area contributed by atoms with Gasteiger partial charge in [-0.2, -0.15) is 0 Å². The van der Waals surface area contributed by atoms with Crippen molar-refractivity contribution in [2.24, 2.45) is 0 Å². The number of furan rings is 1. The third-order valence-electron chi connectivity index (χ3n) is 3.61. The van der Waals surface area contributed by atoms with Gasteiger partial charge in [-0.1, -0.05) is 0 Å². The minimum Gasteiger partial charge on any atom is -0.459 e. The Bertz CT molecular complexity index is 450. The number of carbonyl (C=O) groups is 2. The van der Waals surface area contributed by atoms with Crippen molar-refractivity contribution < 1.29 is 14.0 Å². The Labute approximate surface area is 118 Å². The summed E-state index contributed by atoms with van der Waals surface area (Å²) in [6.45, 7) is 7.07. The van der Waals surface area contributed by atoms with E-state index in [2.05, 4.69) is 10.2 Å². The van der Waals surface area contributed by atoms with E-state index in [1.807, 2.05) is 13.8 Å². The van der Waals surface area contributed by atoms with Crippen LogP contribution in [0.25, 0.3) is 0 Å². The van der Waals surface area contributed by atoms with Gasteiger partial charge >= 0.3 is 0 Å². The van der Waals surface area contributed by atoms with Crippen LogP contribution in [0.1, 0.15) is 24.4 Å². The van der Waals surface area contributed by atoms with Crippen LogP contribution in [0.4, 0.5) is 0 Å². The first kappa shape index (κ1) is 14.6. The quantitative estimate of drug-likeness (QED) is 0.874. The van der Waals surface area contributed by atoms with Gasteiger partial charge in [0.25, 0.3) is 5.91 Å². The third kappa shape index (κ3) is 3.19. The normalized spacial score (nSPS) is 17.8. The summed E-state index contributed by atoms with van der Waals surface area (Å²) < 4.78 is 5.12. The summed E-state index contributed by atoms with van der Waals surface area (Å²) in [5, 5.41) is 2.82. The zero-order chi connectivity index (χ0) is 14.5. The lowest BCUT2D eigenvalue weighted by Gasteiger charge is -2.37. The standard InChI is InChI=1S/C14H21N3O3/c1-3-15-13(18)11(2)16-6-8-17(9-7-16)14(19)12-5-4-10-20-12/h4-5,10-11H,3,6-9H2,1-2H3,(H,15,18)/t11-/m1/s1. The number of nitrogens with zero attached hydrogens (tertiary/aromatic N) is 2. The summed E-state index contributed by atoms with van der Waals surface area (Å²) in [5.41, 5.74) is 0. The second kappa shape index (κ2) is 6.56. The van der Waals surface area contributed by atoms with Crippen molar-refractivity contribution in [3.8, 4) is 0 Å². The molecule has 2 amide bonds. The Morgan fingerprint density at radius 1 is 1.35 bits per heavy atom. The van der Waals surface area contributed by atoms with Gasteiger partial charge in [-0.05, 0) is 26.0 Å². The number of piperazine rings is 1. The topological polar surface area (TPSA) is 65.8 Å². The molecule has 2 heterocycles. The monoisotopic (exact) mass is 279 g/mol. The maximum absolute atomic E-state index is 12.1. The zero-order valence-corrected chi connectivity index (χ0v) is 12.0. The maximum atomic E-state index is 12.1.